The van der Waals surface area contributed by atoms with Crippen LogP contribution >= 0.6 is 10.0 Å². The largest absolute Gasteiger partial charge is 0.458 e. The molecule has 10 rings (SSSR count). The molecule has 51 heavy (non-hydrogen) atoms. The molecule has 8 aromatic rings. The molecule has 0 spiro atoms. The van der Waals surface area contributed by atoms with E-state index in [9.17, 15) is 0 Å². The predicted molar refractivity (Wildman–Crippen MR) is 214 cm³/mol. The van der Waals surface area contributed by atoms with Crippen molar-refractivity contribution in [3.8, 4) is 44.9 Å². The molecule has 0 atom stereocenters. The highest BCUT2D eigenvalue weighted by molar-refractivity contribution is 8.34. The Kier molecular flexibility index (Phi) is 7.07. The fourth-order valence-corrected chi connectivity index (χ4v) is 12.4. The number of ether oxygens (including phenoxy) is 1. The van der Waals surface area contributed by atoms with E-state index in [-0.39, 0.29) is 6.71 Å². The quantitative estimate of drug-likeness (QED) is 0.166. The molecule has 2 aliphatic rings. The van der Waals surface area contributed by atoms with Gasteiger partial charge in [0.1, 0.15) is 11.5 Å². The van der Waals surface area contributed by atoms with Gasteiger partial charge in [0, 0.05) is 14.7 Å². The molecule has 3 heteroatoms. The zero-order valence-electron chi connectivity index (χ0n) is 27.9. The van der Waals surface area contributed by atoms with Crippen LogP contribution < -0.4 is 21.1 Å². The van der Waals surface area contributed by atoms with E-state index in [1.807, 2.05) is 0 Å². The average Bonchev–Trinajstić information content (AvgIpc) is 3.22. The Hall–Kier alpha value is -6.03. The molecule has 240 valence electrons. The summed E-state index contributed by atoms with van der Waals surface area (Å²) in [5, 5.41) is 0. The smallest absolute Gasteiger partial charge is 0.253 e. The summed E-state index contributed by atoms with van der Waals surface area (Å²) in [5.74, 6) is 1.88. The highest BCUT2D eigenvalue weighted by atomic mass is 32.3. The van der Waals surface area contributed by atoms with E-state index in [4.69, 9.17) is 4.74 Å². The maximum absolute atomic E-state index is 6.79. The normalized spacial score (nSPS) is 14.0. The monoisotopic (exact) mass is 668 g/mol. The highest BCUT2D eigenvalue weighted by Gasteiger charge is 2.48. The molecule has 0 fully saturated rings. The number of benzene rings is 8. The van der Waals surface area contributed by atoms with Gasteiger partial charge in [-0.25, -0.2) is 0 Å². The Morgan fingerprint density at radius 2 is 0.804 bits per heavy atom. The van der Waals surface area contributed by atoms with Crippen molar-refractivity contribution in [1.82, 2.24) is 0 Å². The summed E-state index contributed by atoms with van der Waals surface area (Å²) in [6.45, 7) is 0.0487. The summed E-state index contributed by atoms with van der Waals surface area (Å²) in [6.07, 6.45) is 0. The van der Waals surface area contributed by atoms with Crippen LogP contribution in [-0.2, 0) is 0 Å². The average molecular weight is 669 g/mol. The fraction of sp³-hybridized carbons (Fsp3) is 0. The van der Waals surface area contributed by atoms with Gasteiger partial charge in [0.05, 0.1) is 0 Å². The van der Waals surface area contributed by atoms with Crippen LogP contribution in [0.15, 0.2) is 220 Å². The van der Waals surface area contributed by atoms with Crippen LogP contribution in [0.2, 0.25) is 0 Å². The van der Waals surface area contributed by atoms with Gasteiger partial charge in [0.2, 0.25) is 0 Å². The lowest BCUT2D eigenvalue weighted by Crippen LogP contribution is -2.59. The van der Waals surface area contributed by atoms with Crippen molar-refractivity contribution in [2.75, 3.05) is 0 Å². The van der Waals surface area contributed by atoms with E-state index >= 15 is 0 Å². The first-order chi connectivity index (χ1) is 25.3. The molecule has 0 radical (unpaired) electrons. The van der Waals surface area contributed by atoms with Gasteiger partial charge in [-0.15, -0.1) is 10.0 Å². The zero-order chi connectivity index (χ0) is 33.8. The highest BCUT2D eigenvalue weighted by Crippen LogP contribution is 2.74. The van der Waals surface area contributed by atoms with Gasteiger partial charge in [-0.05, 0) is 97.7 Å². The lowest BCUT2D eigenvalue weighted by Gasteiger charge is -2.50. The van der Waals surface area contributed by atoms with E-state index < -0.39 is 10.0 Å². The number of hydrogen-bond donors (Lipinski definition) is 0. The number of para-hydroxylation sites is 1. The maximum Gasteiger partial charge on any atom is 0.253 e. The minimum atomic E-state index is -1.98. The van der Waals surface area contributed by atoms with Crippen molar-refractivity contribution < 1.29 is 4.74 Å². The minimum absolute atomic E-state index is 0.0487. The summed E-state index contributed by atoms with van der Waals surface area (Å²) in [7, 11) is -1.98. The van der Waals surface area contributed by atoms with Crippen LogP contribution in [-0.4, -0.2) is 6.71 Å². The molecule has 0 saturated carbocycles. The second-order valence-electron chi connectivity index (χ2n) is 13.3. The molecule has 0 aromatic heterocycles. The molecule has 1 nitrogen and oxygen atoms in total. The van der Waals surface area contributed by atoms with Gasteiger partial charge in [-0.1, -0.05) is 157 Å². The van der Waals surface area contributed by atoms with Crippen molar-refractivity contribution in [3.05, 3.63) is 200 Å². The Balaban J connectivity index is 1.29. The molecular weight excluding hydrogens is 635 g/mol. The molecule has 0 amide bonds. The molecule has 0 unspecified atom stereocenters. The van der Waals surface area contributed by atoms with Crippen molar-refractivity contribution >= 4 is 33.1 Å². The van der Waals surface area contributed by atoms with Gasteiger partial charge in [-0.2, -0.15) is 0 Å². The third-order valence-electron chi connectivity index (χ3n) is 10.5. The van der Waals surface area contributed by atoms with Crippen LogP contribution in [0.5, 0.6) is 11.5 Å². The molecule has 0 aliphatic carbocycles. The molecule has 0 bridgehead atoms. The summed E-state index contributed by atoms with van der Waals surface area (Å²) in [5.41, 5.74) is 11.2. The fourth-order valence-electron chi connectivity index (χ4n) is 8.16. The van der Waals surface area contributed by atoms with E-state index in [1.165, 1.54) is 69.4 Å². The van der Waals surface area contributed by atoms with Crippen LogP contribution in [0, 0.1) is 0 Å². The van der Waals surface area contributed by atoms with Crippen LogP contribution in [0.1, 0.15) is 0 Å². The number of hydrogen-bond acceptors (Lipinski definition) is 1. The van der Waals surface area contributed by atoms with E-state index in [1.54, 1.807) is 0 Å². The Morgan fingerprint density at radius 1 is 0.333 bits per heavy atom. The summed E-state index contributed by atoms with van der Waals surface area (Å²) >= 11 is 0. The van der Waals surface area contributed by atoms with Crippen molar-refractivity contribution in [2.45, 2.75) is 19.6 Å². The SMILES string of the molecule is c1ccc(-c2ccc(S3(c4ccc(-c5ccccc5)cc4)c4ccc(-c5ccccc5)cc4B4c5ccccc5Oc5cccc3c54)cc2)cc1. The van der Waals surface area contributed by atoms with E-state index in [2.05, 4.69) is 200 Å². The van der Waals surface area contributed by atoms with E-state index in [0.29, 0.717) is 0 Å². The van der Waals surface area contributed by atoms with Gasteiger partial charge < -0.3 is 4.74 Å². The molecule has 0 saturated heterocycles. The third-order valence-corrected chi connectivity index (χ3v) is 14.5. The number of rotatable bonds is 5. The first-order valence-electron chi connectivity index (χ1n) is 17.5. The standard InChI is InChI=1S/C48H33BOS/c1-4-13-34(14-5-1)37-23-28-40(29-24-37)51(41-30-25-38(26-31-41)35-15-6-2-7-16-35)46-32-27-39(36-17-8-3-9-18-36)33-43(46)49-42-19-10-11-20-44(42)50-45-21-12-22-47(51)48(45)49/h1-33H. The van der Waals surface area contributed by atoms with E-state index in [0.717, 1.165) is 11.5 Å². The first kappa shape index (κ1) is 29.9. The van der Waals surface area contributed by atoms with Gasteiger partial charge in [-0.3, -0.25) is 0 Å². The summed E-state index contributed by atoms with van der Waals surface area (Å²) < 4.78 is 6.79. The summed E-state index contributed by atoms with van der Waals surface area (Å²) in [6, 6.07) is 73.5. The van der Waals surface area contributed by atoms with Gasteiger partial charge in [0.25, 0.3) is 6.71 Å². The Labute approximate surface area is 301 Å². The Bertz CT molecular complexity index is 2450. The first-order valence-corrected chi connectivity index (χ1v) is 19.2. The zero-order valence-corrected chi connectivity index (χ0v) is 28.8. The van der Waals surface area contributed by atoms with Crippen LogP contribution in [0.4, 0.5) is 0 Å². The number of fused-ring (bicyclic) bond motifs is 4. The van der Waals surface area contributed by atoms with Gasteiger partial charge in [0.15, 0.2) is 0 Å². The lowest BCUT2D eigenvalue weighted by atomic mass is 9.35. The maximum atomic E-state index is 6.79. The third kappa shape index (κ3) is 4.73. The second-order valence-corrected chi connectivity index (χ2v) is 16.3. The molecule has 8 aromatic carbocycles. The molecule has 2 heterocycles. The van der Waals surface area contributed by atoms with Crippen LogP contribution in [0.25, 0.3) is 33.4 Å². The topological polar surface area (TPSA) is 9.23 Å². The predicted octanol–water partition coefficient (Wildman–Crippen LogP) is 11.0. The second kappa shape index (κ2) is 12.1. The van der Waals surface area contributed by atoms with Crippen molar-refractivity contribution in [1.29, 1.82) is 0 Å². The van der Waals surface area contributed by atoms with Gasteiger partial charge >= 0.3 is 0 Å². The molecular formula is C48H33BOS. The van der Waals surface area contributed by atoms with Crippen molar-refractivity contribution in [2.24, 2.45) is 0 Å². The minimum Gasteiger partial charge on any atom is -0.458 e. The summed E-state index contributed by atoms with van der Waals surface area (Å²) in [4.78, 5) is 5.36. The van der Waals surface area contributed by atoms with Crippen molar-refractivity contribution in [3.63, 3.8) is 0 Å². The van der Waals surface area contributed by atoms with Crippen LogP contribution in [0.3, 0.4) is 0 Å². The lowest BCUT2D eigenvalue weighted by molar-refractivity contribution is 0.486. The molecule has 0 N–H and O–H groups in total. The Morgan fingerprint density at radius 3 is 1.39 bits per heavy atom. The molecule has 2 aliphatic heterocycles.